The average molecular weight is 276 g/mol. The van der Waals surface area contributed by atoms with Gasteiger partial charge in [0.05, 0.1) is 12.2 Å². The zero-order valence-electron chi connectivity index (χ0n) is 9.84. The SMILES string of the molecule is CC1CCN(CC2(CBr)CC2)CC(C)O1. The van der Waals surface area contributed by atoms with E-state index in [1.54, 1.807) is 0 Å². The van der Waals surface area contributed by atoms with Crippen LogP contribution < -0.4 is 0 Å². The number of nitrogens with zero attached hydrogens (tertiary/aromatic N) is 1. The van der Waals surface area contributed by atoms with Crippen molar-refractivity contribution < 1.29 is 4.74 Å². The number of ether oxygens (including phenoxy) is 1. The van der Waals surface area contributed by atoms with Gasteiger partial charge in [0.15, 0.2) is 0 Å². The molecule has 1 aliphatic heterocycles. The normalized spacial score (nSPS) is 36.2. The first-order valence-electron chi connectivity index (χ1n) is 6.07. The topological polar surface area (TPSA) is 12.5 Å². The largest absolute Gasteiger partial charge is 0.374 e. The van der Waals surface area contributed by atoms with Gasteiger partial charge in [0, 0.05) is 25.0 Å². The zero-order valence-corrected chi connectivity index (χ0v) is 11.4. The fourth-order valence-corrected chi connectivity index (χ4v) is 3.19. The van der Waals surface area contributed by atoms with Crippen LogP contribution in [-0.4, -0.2) is 42.1 Å². The quantitative estimate of drug-likeness (QED) is 0.735. The van der Waals surface area contributed by atoms with Gasteiger partial charge in [-0.1, -0.05) is 15.9 Å². The summed E-state index contributed by atoms with van der Waals surface area (Å²) in [5.41, 5.74) is 0.604. The molecule has 2 aliphatic rings. The fraction of sp³-hybridized carbons (Fsp3) is 1.00. The summed E-state index contributed by atoms with van der Waals surface area (Å²) in [6, 6.07) is 0. The molecule has 3 heteroatoms. The Morgan fingerprint density at radius 1 is 1.33 bits per heavy atom. The molecule has 2 atom stereocenters. The molecule has 0 aromatic rings. The molecule has 0 spiro atoms. The summed E-state index contributed by atoms with van der Waals surface area (Å²) in [5.74, 6) is 0. The average Bonchev–Trinajstić information content (AvgIpc) is 2.95. The summed E-state index contributed by atoms with van der Waals surface area (Å²) in [6.45, 7) is 7.97. The van der Waals surface area contributed by atoms with E-state index in [4.69, 9.17) is 4.74 Å². The maximum Gasteiger partial charge on any atom is 0.0677 e. The van der Waals surface area contributed by atoms with Gasteiger partial charge in [-0.2, -0.15) is 0 Å². The third kappa shape index (κ3) is 3.18. The smallest absolute Gasteiger partial charge is 0.0677 e. The monoisotopic (exact) mass is 275 g/mol. The van der Waals surface area contributed by atoms with E-state index in [2.05, 4.69) is 34.7 Å². The summed E-state index contributed by atoms with van der Waals surface area (Å²) >= 11 is 3.65. The van der Waals surface area contributed by atoms with Crippen LogP contribution in [0.2, 0.25) is 0 Å². The van der Waals surface area contributed by atoms with Gasteiger partial charge < -0.3 is 9.64 Å². The Kier molecular flexibility index (Phi) is 3.74. The first-order valence-corrected chi connectivity index (χ1v) is 7.19. The van der Waals surface area contributed by atoms with Crippen molar-refractivity contribution in [2.24, 2.45) is 5.41 Å². The Hall–Kier alpha value is 0.400. The molecule has 0 radical (unpaired) electrons. The summed E-state index contributed by atoms with van der Waals surface area (Å²) < 4.78 is 5.86. The van der Waals surface area contributed by atoms with Gasteiger partial charge in [-0.05, 0) is 38.5 Å². The minimum absolute atomic E-state index is 0.397. The highest BCUT2D eigenvalue weighted by Gasteiger charge is 2.43. The van der Waals surface area contributed by atoms with Gasteiger partial charge in [0.1, 0.15) is 0 Å². The minimum Gasteiger partial charge on any atom is -0.374 e. The van der Waals surface area contributed by atoms with Crippen molar-refractivity contribution in [1.82, 2.24) is 4.90 Å². The minimum atomic E-state index is 0.397. The molecule has 1 saturated carbocycles. The molecule has 0 N–H and O–H groups in total. The molecule has 1 aliphatic carbocycles. The third-order valence-electron chi connectivity index (χ3n) is 3.63. The molecule has 0 bridgehead atoms. The van der Waals surface area contributed by atoms with E-state index in [1.807, 2.05) is 0 Å². The van der Waals surface area contributed by atoms with E-state index in [9.17, 15) is 0 Å². The van der Waals surface area contributed by atoms with Crippen LogP contribution >= 0.6 is 15.9 Å². The van der Waals surface area contributed by atoms with Crippen molar-refractivity contribution in [1.29, 1.82) is 0 Å². The lowest BCUT2D eigenvalue weighted by molar-refractivity contribution is 0.0134. The van der Waals surface area contributed by atoms with Gasteiger partial charge in [-0.3, -0.25) is 0 Å². The summed E-state index contributed by atoms with van der Waals surface area (Å²) in [5, 5.41) is 1.17. The number of alkyl halides is 1. The third-order valence-corrected chi connectivity index (χ3v) is 4.82. The Bertz CT molecular complexity index is 218. The molecule has 2 unspecified atom stereocenters. The van der Waals surface area contributed by atoms with Gasteiger partial charge >= 0.3 is 0 Å². The zero-order chi connectivity index (χ0) is 10.9. The van der Waals surface area contributed by atoms with Crippen LogP contribution in [0.15, 0.2) is 0 Å². The molecule has 2 nitrogen and oxygen atoms in total. The molecule has 88 valence electrons. The second-order valence-electron chi connectivity index (χ2n) is 5.41. The molecule has 2 fully saturated rings. The Morgan fingerprint density at radius 2 is 2.07 bits per heavy atom. The standard InChI is InChI=1S/C12H22BrNO/c1-10-3-6-14(7-11(2)15-10)9-12(8-13)4-5-12/h10-11H,3-9H2,1-2H3. The van der Waals surface area contributed by atoms with Crippen LogP contribution in [0.3, 0.4) is 0 Å². The molecule has 1 saturated heterocycles. The van der Waals surface area contributed by atoms with Gasteiger partial charge in [-0.25, -0.2) is 0 Å². The predicted molar refractivity (Wildman–Crippen MR) is 66.5 cm³/mol. The van der Waals surface area contributed by atoms with Crippen LogP contribution in [0.25, 0.3) is 0 Å². The summed E-state index contributed by atoms with van der Waals surface area (Å²) in [6.07, 6.45) is 4.82. The molecule has 15 heavy (non-hydrogen) atoms. The van der Waals surface area contributed by atoms with Crippen LogP contribution in [0, 0.1) is 5.41 Å². The highest BCUT2D eigenvalue weighted by atomic mass is 79.9. The highest BCUT2D eigenvalue weighted by Crippen LogP contribution is 2.47. The van der Waals surface area contributed by atoms with E-state index in [0.717, 1.165) is 6.54 Å². The van der Waals surface area contributed by atoms with Gasteiger partial charge in [0.25, 0.3) is 0 Å². The van der Waals surface area contributed by atoms with Crippen molar-refractivity contribution in [3.8, 4) is 0 Å². The first kappa shape index (κ1) is 11.9. The molecule has 0 amide bonds. The Morgan fingerprint density at radius 3 is 2.67 bits per heavy atom. The van der Waals surface area contributed by atoms with Crippen molar-refractivity contribution >= 4 is 15.9 Å². The van der Waals surface area contributed by atoms with Crippen molar-refractivity contribution in [3.63, 3.8) is 0 Å². The fourth-order valence-electron chi connectivity index (χ4n) is 2.46. The molecular formula is C12H22BrNO. The second-order valence-corrected chi connectivity index (χ2v) is 5.98. The molecule has 0 aromatic heterocycles. The van der Waals surface area contributed by atoms with Crippen LogP contribution in [0.1, 0.15) is 33.1 Å². The number of hydrogen-bond donors (Lipinski definition) is 0. The lowest BCUT2D eigenvalue weighted by Crippen LogP contribution is -2.35. The predicted octanol–water partition coefficient (Wildman–Crippen LogP) is 2.66. The van der Waals surface area contributed by atoms with Crippen LogP contribution in [0.5, 0.6) is 0 Å². The number of hydrogen-bond acceptors (Lipinski definition) is 2. The van der Waals surface area contributed by atoms with E-state index in [0.29, 0.717) is 17.6 Å². The van der Waals surface area contributed by atoms with Crippen LogP contribution in [-0.2, 0) is 4.74 Å². The summed E-state index contributed by atoms with van der Waals surface area (Å²) in [4.78, 5) is 2.60. The lowest BCUT2D eigenvalue weighted by Gasteiger charge is -2.26. The molecule has 2 rings (SSSR count). The van der Waals surface area contributed by atoms with E-state index in [1.165, 1.54) is 37.7 Å². The number of halogens is 1. The van der Waals surface area contributed by atoms with E-state index < -0.39 is 0 Å². The van der Waals surface area contributed by atoms with Crippen molar-refractivity contribution in [2.45, 2.75) is 45.3 Å². The van der Waals surface area contributed by atoms with Crippen molar-refractivity contribution in [2.75, 3.05) is 25.0 Å². The number of rotatable bonds is 3. The van der Waals surface area contributed by atoms with E-state index >= 15 is 0 Å². The molecule has 1 heterocycles. The first-order chi connectivity index (χ1) is 7.13. The maximum atomic E-state index is 5.86. The van der Waals surface area contributed by atoms with Gasteiger partial charge in [-0.15, -0.1) is 0 Å². The maximum absolute atomic E-state index is 5.86. The lowest BCUT2D eigenvalue weighted by atomic mass is 10.1. The van der Waals surface area contributed by atoms with Crippen molar-refractivity contribution in [3.05, 3.63) is 0 Å². The van der Waals surface area contributed by atoms with E-state index in [-0.39, 0.29) is 0 Å². The summed E-state index contributed by atoms with van der Waals surface area (Å²) in [7, 11) is 0. The highest BCUT2D eigenvalue weighted by molar-refractivity contribution is 9.09. The second kappa shape index (κ2) is 4.72. The Balaban J connectivity index is 1.86. The van der Waals surface area contributed by atoms with Gasteiger partial charge in [0.2, 0.25) is 0 Å². The molecule has 0 aromatic carbocycles. The van der Waals surface area contributed by atoms with Crippen LogP contribution in [0.4, 0.5) is 0 Å². The Labute approximate surface area is 101 Å². The molecular weight excluding hydrogens is 254 g/mol.